The van der Waals surface area contributed by atoms with Gasteiger partial charge < -0.3 is 0 Å². The van der Waals surface area contributed by atoms with Gasteiger partial charge in [0.15, 0.2) is 0 Å². The van der Waals surface area contributed by atoms with Crippen molar-refractivity contribution in [3.05, 3.63) is 84.7 Å². The van der Waals surface area contributed by atoms with Gasteiger partial charge in [-0.1, -0.05) is 67.6 Å². The van der Waals surface area contributed by atoms with Gasteiger partial charge in [-0.25, -0.2) is 4.79 Å². The molecule has 2 heterocycles. The van der Waals surface area contributed by atoms with Crippen LogP contribution in [0.25, 0.3) is 22.5 Å². The molecule has 0 saturated heterocycles. The summed E-state index contributed by atoms with van der Waals surface area (Å²) in [5.41, 5.74) is 4.64. The first-order chi connectivity index (χ1) is 12.8. The molecule has 0 atom stereocenters. The summed E-state index contributed by atoms with van der Waals surface area (Å²) in [6, 6.07) is 21.3. The molecule has 0 aliphatic rings. The lowest BCUT2D eigenvalue weighted by Gasteiger charge is -2.08. The first kappa shape index (κ1) is 16.0. The van der Waals surface area contributed by atoms with Gasteiger partial charge >= 0.3 is 6.03 Å². The summed E-state index contributed by atoms with van der Waals surface area (Å²) >= 11 is 0. The van der Waals surface area contributed by atoms with E-state index in [1.165, 1.54) is 9.36 Å². The van der Waals surface area contributed by atoms with E-state index in [1.54, 1.807) is 18.5 Å². The minimum Gasteiger partial charge on any atom is -0.244 e. The Morgan fingerprint density at radius 2 is 1.58 bits per heavy atom. The lowest BCUT2D eigenvalue weighted by molar-refractivity contribution is 0.238. The Hall–Kier alpha value is -3.47. The molecule has 0 N–H and O–H groups in total. The molecule has 0 bridgehead atoms. The molecule has 5 nitrogen and oxygen atoms in total. The largest absolute Gasteiger partial charge is 0.369 e. The number of benzene rings is 2. The molecule has 5 heteroatoms. The van der Waals surface area contributed by atoms with E-state index in [0.717, 1.165) is 34.5 Å². The van der Waals surface area contributed by atoms with Crippen LogP contribution in [0, 0.1) is 0 Å². The highest BCUT2D eigenvalue weighted by molar-refractivity contribution is 5.87. The van der Waals surface area contributed by atoms with Crippen LogP contribution >= 0.6 is 0 Å². The number of hydrogen-bond donors (Lipinski definition) is 0. The van der Waals surface area contributed by atoms with Crippen LogP contribution in [0.15, 0.2) is 79.1 Å². The van der Waals surface area contributed by atoms with Crippen LogP contribution in [-0.4, -0.2) is 25.6 Å². The van der Waals surface area contributed by atoms with E-state index < -0.39 is 0 Å². The van der Waals surface area contributed by atoms with Crippen LogP contribution in [0.1, 0.15) is 12.5 Å². The zero-order valence-corrected chi connectivity index (χ0v) is 14.4. The number of aromatic nitrogens is 4. The van der Waals surface area contributed by atoms with Crippen LogP contribution in [0.2, 0.25) is 0 Å². The maximum atomic E-state index is 13.0. The molecule has 0 radical (unpaired) electrons. The summed E-state index contributed by atoms with van der Waals surface area (Å²) in [5.74, 6) is 0. The van der Waals surface area contributed by atoms with E-state index in [0.29, 0.717) is 0 Å². The van der Waals surface area contributed by atoms with E-state index in [1.807, 2.05) is 60.7 Å². The predicted octanol–water partition coefficient (Wildman–Crippen LogP) is 4.49. The van der Waals surface area contributed by atoms with Crippen molar-refractivity contribution in [3.8, 4) is 22.5 Å². The van der Waals surface area contributed by atoms with Gasteiger partial charge in [0.25, 0.3) is 0 Å². The molecule has 0 aliphatic carbocycles. The maximum absolute atomic E-state index is 13.0. The first-order valence-corrected chi connectivity index (χ1v) is 8.56. The molecule has 26 heavy (non-hydrogen) atoms. The molecular weight excluding hydrogens is 324 g/mol. The Bertz CT molecular complexity index is 1020. The summed E-state index contributed by atoms with van der Waals surface area (Å²) in [4.78, 5) is 13.0. The summed E-state index contributed by atoms with van der Waals surface area (Å²) in [6.07, 6.45) is 3.98. The number of nitrogens with zero attached hydrogens (tertiary/aromatic N) is 4. The van der Waals surface area contributed by atoms with Crippen molar-refractivity contribution in [2.45, 2.75) is 13.3 Å². The fourth-order valence-corrected chi connectivity index (χ4v) is 3.12. The minimum atomic E-state index is -0.300. The summed E-state index contributed by atoms with van der Waals surface area (Å²) in [6.45, 7) is 2.08. The molecule has 0 saturated carbocycles. The molecular formula is C21H18N4O. The molecule has 0 aliphatic heterocycles. The van der Waals surface area contributed by atoms with Gasteiger partial charge in [0, 0.05) is 29.1 Å². The highest BCUT2D eigenvalue weighted by atomic mass is 16.2. The highest BCUT2D eigenvalue weighted by Crippen LogP contribution is 2.32. The molecule has 4 aromatic rings. The van der Waals surface area contributed by atoms with Crippen molar-refractivity contribution in [2.24, 2.45) is 0 Å². The fraction of sp³-hybridized carbons (Fsp3) is 0.0952. The van der Waals surface area contributed by atoms with E-state index in [2.05, 4.69) is 17.1 Å². The first-order valence-electron chi connectivity index (χ1n) is 8.56. The Labute approximate surface area is 151 Å². The summed E-state index contributed by atoms with van der Waals surface area (Å²) in [5, 5.41) is 8.76. The summed E-state index contributed by atoms with van der Waals surface area (Å²) < 4.78 is 2.76. The SMILES string of the molecule is CCc1c(-c2ccccc2)nn(C(=O)n2cccn2)c1-c1ccccc1. The third-order valence-electron chi connectivity index (χ3n) is 4.31. The highest BCUT2D eigenvalue weighted by Gasteiger charge is 2.23. The van der Waals surface area contributed by atoms with Crippen LogP contribution < -0.4 is 0 Å². The van der Waals surface area contributed by atoms with E-state index >= 15 is 0 Å². The lowest BCUT2D eigenvalue weighted by Crippen LogP contribution is -2.22. The van der Waals surface area contributed by atoms with Crippen molar-refractivity contribution in [3.63, 3.8) is 0 Å². The second-order valence-corrected chi connectivity index (χ2v) is 5.91. The Morgan fingerprint density at radius 3 is 2.15 bits per heavy atom. The van der Waals surface area contributed by atoms with E-state index in [9.17, 15) is 4.79 Å². The number of carbonyl (C=O) groups excluding carboxylic acids is 1. The number of hydrogen-bond acceptors (Lipinski definition) is 3. The number of rotatable bonds is 3. The van der Waals surface area contributed by atoms with Gasteiger partial charge in [-0.15, -0.1) is 0 Å². The Balaban J connectivity index is 1.98. The van der Waals surface area contributed by atoms with Gasteiger partial charge in [0.1, 0.15) is 0 Å². The average molecular weight is 342 g/mol. The van der Waals surface area contributed by atoms with E-state index in [-0.39, 0.29) is 6.03 Å². The fourth-order valence-electron chi connectivity index (χ4n) is 3.12. The van der Waals surface area contributed by atoms with Crippen molar-refractivity contribution in [2.75, 3.05) is 0 Å². The lowest BCUT2D eigenvalue weighted by atomic mass is 10.00. The Morgan fingerprint density at radius 1 is 0.923 bits per heavy atom. The third kappa shape index (κ3) is 2.73. The second kappa shape index (κ2) is 6.80. The molecule has 0 fully saturated rings. The Kier molecular flexibility index (Phi) is 4.19. The predicted molar refractivity (Wildman–Crippen MR) is 101 cm³/mol. The minimum absolute atomic E-state index is 0.300. The standard InChI is InChI=1S/C21H18N4O/c1-2-18-19(16-10-5-3-6-11-16)23-25(21(26)24-15-9-14-22-24)20(18)17-12-7-4-8-13-17/h3-15H,2H2,1H3. The molecule has 0 spiro atoms. The molecule has 2 aromatic heterocycles. The maximum Gasteiger partial charge on any atom is 0.369 e. The van der Waals surface area contributed by atoms with Crippen molar-refractivity contribution in [1.82, 2.24) is 19.6 Å². The average Bonchev–Trinajstić information content (AvgIpc) is 3.36. The molecule has 128 valence electrons. The molecule has 4 rings (SSSR count). The van der Waals surface area contributed by atoms with Crippen LogP contribution in [-0.2, 0) is 6.42 Å². The normalized spacial score (nSPS) is 10.8. The second-order valence-electron chi connectivity index (χ2n) is 5.91. The van der Waals surface area contributed by atoms with Crippen LogP contribution in [0.4, 0.5) is 4.79 Å². The topological polar surface area (TPSA) is 52.7 Å². The number of carbonyl (C=O) groups is 1. The van der Waals surface area contributed by atoms with Crippen molar-refractivity contribution < 1.29 is 4.79 Å². The molecule has 2 aromatic carbocycles. The third-order valence-corrected chi connectivity index (χ3v) is 4.31. The van der Waals surface area contributed by atoms with Gasteiger partial charge in [0.05, 0.1) is 11.4 Å². The smallest absolute Gasteiger partial charge is 0.244 e. The quantitative estimate of drug-likeness (QED) is 0.551. The van der Waals surface area contributed by atoms with Gasteiger partial charge in [0.2, 0.25) is 0 Å². The monoisotopic (exact) mass is 342 g/mol. The van der Waals surface area contributed by atoms with Gasteiger partial charge in [-0.2, -0.15) is 19.6 Å². The van der Waals surface area contributed by atoms with Crippen LogP contribution in [0.5, 0.6) is 0 Å². The van der Waals surface area contributed by atoms with Crippen molar-refractivity contribution in [1.29, 1.82) is 0 Å². The van der Waals surface area contributed by atoms with Crippen LogP contribution in [0.3, 0.4) is 0 Å². The molecule has 0 amide bonds. The van der Waals surface area contributed by atoms with Gasteiger partial charge in [-0.3, -0.25) is 0 Å². The van der Waals surface area contributed by atoms with E-state index in [4.69, 9.17) is 0 Å². The zero-order valence-electron chi connectivity index (χ0n) is 14.4. The molecule has 0 unspecified atom stereocenters. The zero-order chi connectivity index (χ0) is 17.9. The summed E-state index contributed by atoms with van der Waals surface area (Å²) in [7, 11) is 0. The van der Waals surface area contributed by atoms with Crippen molar-refractivity contribution >= 4 is 6.03 Å². The van der Waals surface area contributed by atoms with Gasteiger partial charge in [-0.05, 0) is 12.5 Å².